The summed E-state index contributed by atoms with van der Waals surface area (Å²) in [4.78, 5) is 2.70. The van der Waals surface area contributed by atoms with Crippen molar-refractivity contribution in [2.45, 2.75) is 71.0 Å². The molecule has 0 bridgehead atoms. The summed E-state index contributed by atoms with van der Waals surface area (Å²) in [5, 5.41) is 3.86. The zero-order valence-electron chi connectivity index (χ0n) is 11.2. The van der Waals surface area contributed by atoms with Gasteiger partial charge in [0.25, 0.3) is 0 Å². The Bertz CT molecular complexity index is 203. The number of nitrogens with one attached hydrogen (secondary N) is 1. The van der Waals surface area contributed by atoms with E-state index in [-0.39, 0.29) is 0 Å². The first kappa shape index (κ1) is 12.4. The zero-order chi connectivity index (χ0) is 11.5. The maximum absolute atomic E-state index is 3.86. The Hall–Kier alpha value is -0.0800. The fourth-order valence-electron chi connectivity index (χ4n) is 2.96. The second-order valence-electron chi connectivity index (χ2n) is 5.97. The van der Waals surface area contributed by atoms with Gasteiger partial charge in [-0.25, -0.2) is 0 Å². The first-order valence-corrected chi connectivity index (χ1v) is 7.20. The molecule has 2 fully saturated rings. The van der Waals surface area contributed by atoms with Crippen molar-refractivity contribution >= 4 is 0 Å². The summed E-state index contributed by atoms with van der Waals surface area (Å²) in [6.45, 7) is 9.63. The second-order valence-corrected chi connectivity index (χ2v) is 5.97. The van der Waals surface area contributed by atoms with Crippen LogP contribution in [0.5, 0.6) is 0 Å². The molecule has 16 heavy (non-hydrogen) atoms. The van der Waals surface area contributed by atoms with Crippen molar-refractivity contribution in [1.29, 1.82) is 0 Å². The number of nitrogens with zero attached hydrogens (tertiary/aromatic N) is 1. The minimum atomic E-state index is 0.720. The Balaban J connectivity index is 1.71. The lowest BCUT2D eigenvalue weighted by atomic mass is 9.97. The normalized spacial score (nSPS) is 26.2. The molecule has 1 N–H and O–H groups in total. The highest BCUT2D eigenvalue weighted by atomic mass is 15.2. The van der Waals surface area contributed by atoms with E-state index in [4.69, 9.17) is 0 Å². The van der Waals surface area contributed by atoms with Gasteiger partial charge < -0.3 is 10.2 Å². The Morgan fingerprint density at radius 2 is 1.75 bits per heavy atom. The van der Waals surface area contributed by atoms with E-state index in [0.717, 1.165) is 24.0 Å². The van der Waals surface area contributed by atoms with E-state index >= 15 is 0 Å². The highest BCUT2D eigenvalue weighted by Crippen LogP contribution is 2.29. The molecule has 0 radical (unpaired) electrons. The lowest BCUT2D eigenvalue weighted by Crippen LogP contribution is -2.48. The largest absolute Gasteiger partial charge is 0.311 e. The van der Waals surface area contributed by atoms with Crippen molar-refractivity contribution in [2.24, 2.45) is 5.92 Å². The molecule has 0 aromatic rings. The van der Waals surface area contributed by atoms with Crippen LogP contribution in [0.4, 0.5) is 0 Å². The summed E-state index contributed by atoms with van der Waals surface area (Å²) >= 11 is 0. The van der Waals surface area contributed by atoms with Gasteiger partial charge in [-0.2, -0.15) is 0 Å². The van der Waals surface area contributed by atoms with E-state index in [9.17, 15) is 0 Å². The van der Waals surface area contributed by atoms with E-state index < -0.39 is 0 Å². The third-order valence-corrected chi connectivity index (χ3v) is 4.29. The van der Waals surface area contributed by atoms with Crippen molar-refractivity contribution < 1.29 is 0 Å². The van der Waals surface area contributed by atoms with Gasteiger partial charge in [0.05, 0.1) is 0 Å². The van der Waals surface area contributed by atoms with E-state index in [1.807, 2.05) is 0 Å². The molecule has 0 amide bonds. The van der Waals surface area contributed by atoms with Gasteiger partial charge in [-0.3, -0.25) is 0 Å². The van der Waals surface area contributed by atoms with Crippen LogP contribution < -0.4 is 5.32 Å². The molecule has 0 spiro atoms. The van der Waals surface area contributed by atoms with Crippen LogP contribution in [-0.2, 0) is 0 Å². The third kappa shape index (κ3) is 3.21. The van der Waals surface area contributed by atoms with Crippen molar-refractivity contribution in [2.75, 3.05) is 13.1 Å². The fraction of sp³-hybridized carbons (Fsp3) is 1.00. The van der Waals surface area contributed by atoms with Crippen LogP contribution in [-0.4, -0.2) is 36.1 Å². The van der Waals surface area contributed by atoms with Gasteiger partial charge in [0.15, 0.2) is 0 Å². The topological polar surface area (TPSA) is 15.3 Å². The minimum Gasteiger partial charge on any atom is -0.311 e. The van der Waals surface area contributed by atoms with Crippen LogP contribution in [0.1, 0.15) is 52.9 Å². The first-order chi connectivity index (χ1) is 7.70. The number of rotatable bonds is 5. The Kier molecular flexibility index (Phi) is 4.26. The van der Waals surface area contributed by atoms with E-state index in [2.05, 4.69) is 31.0 Å². The molecule has 94 valence electrons. The standard InChI is InChI=1S/C14H28N2/c1-4-14(11(2)3)15-12-7-9-16(10-8-12)13-5-6-13/h11-15H,4-10H2,1-3H3. The Morgan fingerprint density at radius 1 is 1.12 bits per heavy atom. The van der Waals surface area contributed by atoms with Crippen LogP contribution in [0.25, 0.3) is 0 Å². The quantitative estimate of drug-likeness (QED) is 0.772. The molecule has 2 aliphatic rings. The highest BCUT2D eigenvalue weighted by molar-refractivity contribution is 4.89. The number of hydrogen-bond donors (Lipinski definition) is 1. The van der Waals surface area contributed by atoms with Crippen molar-refractivity contribution in [3.63, 3.8) is 0 Å². The molecule has 1 aliphatic carbocycles. The SMILES string of the molecule is CCC(NC1CCN(C2CC2)CC1)C(C)C. The molecular weight excluding hydrogens is 196 g/mol. The fourth-order valence-corrected chi connectivity index (χ4v) is 2.96. The molecule has 1 unspecified atom stereocenters. The molecule has 2 nitrogen and oxygen atoms in total. The molecule has 2 rings (SSSR count). The molecule has 1 heterocycles. The predicted octanol–water partition coefficient (Wildman–Crippen LogP) is 2.64. The monoisotopic (exact) mass is 224 g/mol. The van der Waals surface area contributed by atoms with Crippen LogP contribution in [0.3, 0.4) is 0 Å². The first-order valence-electron chi connectivity index (χ1n) is 7.20. The highest BCUT2D eigenvalue weighted by Gasteiger charge is 2.32. The lowest BCUT2D eigenvalue weighted by Gasteiger charge is -2.35. The summed E-state index contributed by atoms with van der Waals surface area (Å²) in [5.74, 6) is 0.770. The Morgan fingerprint density at radius 3 is 2.19 bits per heavy atom. The zero-order valence-corrected chi connectivity index (χ0v) is 11.2. The number of hydrogen-bond acceptors (Lipinski definition) is 2. The molecule has 1 atom stereocenters. The van der Waals surface area contributed by atoms with Gasteiger partial charge >= 0.3 is 0 Å². The summed E-state index contributed by atoms with van der Waals surface area (Å²) in [7, 11) is 0. The molecule has 1 saturated carbocycles. The van der Waals surface area contributed by atoms with Crippen LogP contribution in [0, 0.1) is 5.92 Å². The van der Waals surface area contributed by atoms with E-state index in [1.165, 1.54) is 45.2 Å². The molecule has 2 heteroatoms. The molecule has 1 aliphatic heterocycles. The van der Waals surface area contributed by atoms with Gasteiger partial charge in [-0.1, -0.05) is 20.8 Å². The number of piperidine rings is 1. The minimum absolute atomic E-state index is 0.720. The summed E-state index contributed by atoms with van der Waals surface area (Å²) in [6, 6.07) is 2.47. The van der Waals surface area contributed by atoms with Gasteiger partial charge in [0.1, 0.15) is 0 Å². The summed E-state index contributed by atoms with van der Waals surface area (Å²) in [5.41, 5.74) is 0. The predicted molar refractivity (Wildman–Crippen MR) is 69.7 cm³/mol. The summed E-state index contributed by atoms with van der Waals surface area (Å²) in [6.07, 6.45) is 6.91. The van der Waals surface area contributed by atoms with Gasteiger partial charge in [-0.05, 0) is 51.1 Å². The van der Waals surface area contributed by atoms with Crippen molar-refractivity contribution in [3.8, 4) is 0 Å². The van der Waals surface area contributed by atoms with Gasteiger partial charge in [0.2, 0.25) is 0 Å². The number of likely N-dealkylation sites (tertiary alicyclic amines) is 1. The van der Waals surface area contributed by atoms with Crippen molar-refractivity contribution in [3.05, 3.63) is 0 Å². The molecular formula is C14H28N2. The van der Waals surface area contributed by atoms with Crippen LogP contribution >= 0.6 is 0 Å². The lowest BCUT2D eigenvalue weighted by molar-refractivity contribution is 0.176. The molecule has 0 aromatic heterocycles. The maximum atomic E-state index is 3.86. The molecule has 0 aromatic carbocycles. The van der Waals surface area contributed by atoms with Gasteiger partial charge in [-0.15, -0.1) is 0 Å². The average Bonchev–Trinajstić information content (AvgIpc) is 3.10. The molecule has 1 saturated heterocycles. The smallest absolute Gasteiger partial charge is 0.00964 e. The van der Waals surface area contributed by atoms with Crippen LogP contribution in [0.15, 0.2) is 0 Å². The van der Waals surface area contributed by atoms with Crippen molar-refractivity contribution in [1.82, 2.24) is 10.2 Å². The van der Waals surface area contributed by atoms with E-state index in [1.54, 1.807) is 0 Å². The third-order valence-electron chi connectivity index (χ3n) is 4.29. The average molecular weight is 224 g/mol. The maximum Gasteiger partial charge on any atom is 0.00964 e. The second kappa shape index (κ2) is 5.50. The van der Waals surface area contributed by atoms with E-state index in [0.29, 0.717) is 0 Å². The van der Waals surface area contributed by atoms with Crippen LogP contribution in [0.2, 0.25) is 0 Å². The summed E-state index contributed by atoms with van der Waals surface area (Å²) < 4.78 is 0. The van der Waals surface area contributed by atoms with Gasteiger partial charge in [0, 0.05) is 18.1 Å². The Labute approximate surface area is 101 Å².